The molecule has 0 spiro atoms. The predicted molar refractivity (Wildman–Crippen MR) is 66.8 cm³/mol. The lowest BCUT2D eigenvalue weighted by atomic mass is 10.2. The minimum atomic E-state index is -2.39. The first-order valence-corrected chi connectivity index (χ1v) is 6.07. The van der Waals surface area contributed by atoms with Crippen LogP contribution in [0.2, 0.25) is 0 Å². The molecule has 0 amide bonds. The Morgan fingerprint density at radius 2 is 1.29 bits per heavy atom. The van der Waals surface area contributed by atoms with Gasteiger partial charge in [0, 0.05) is 0 Å². The van der Waals surface area contributed by atoms with Crippen LogP contribution in [0.3, 0.4) is 0 Å². The van der Waals surface area contributed by atoms with E-state index in [-0.39, 0.29) is 5.69 Å². The summed E-state index contributed by atoms with van der Waals surface area (Å²) < 4.78 is 74.4. The van der Waals surface area contributed by atoms with Crippen LogP contribution in [0.25, 0.3) is 0 Å². The van der Waals surface area contributed by atoms with Crippen LogP contribution in [0.5, 0.6) is 5.75 Å². The third kappa shape index (κ3) is 3.03. The molecule has 0 aliphatic rings. The number of esters is 2. The van der Waals surface area contributed by atoms with Gasteiger partial charge in [0.05, 0.1) is 7.11 Å². The number of aromatic nitrogens is 1. The average Bonchev–Trinajstić information content (AvgIpc) is 2.61. The Morgan fingerprint density at radius 1 is 0.833 bits per heavy atom. The number of carbonyl (C=O) groups excluding carboxylic acids is 2. The van der Waals surface area contributed by atoms with Crippen molar-refractivity contribution in [2.75, 3.05) is 7.11 Å². The second-order valence-corrected chi connectivity index (χ2v) is 4.19. The predicted octanol–water partition coefficient (Wildman–Crippen LogP) is 2.78. The van der Waals surface area contributed by atoms with Crippen molar-refractivity contribution in [3.05, 3.63) is 58.7 Å². The van der Waals surface area contributed by atoms with Gasteiger partial charge in [-0.25, -0.2) is 27.7 Å². The molecule has 0 saturated heterocycles. The molecular formula is C14H6F5NO4. The zero-order valence-electron chi connectivity index (χ0n) is 11.7. The molecule has 2 rings (SSSR count). The Labute approximate surface area is 130 Å². The first-order chi connectivity index (χ1) is 11.3. The quantitative estimate of drug-likeness (QED) is 0.281. The van der Waals surface area contributed by atoms with E-state index in [0.29, 0.717) is 0 Å². The lowest BCUT2D eigenvalue weighted by Crippen LogP contribution is -2.16. The third-order valence-electron chi connectivity index (χ3n) is 2.72. The number of halogens is 5. The van der Waals surface area contributed by atoms with E-state index in [4.69, 9.17) is 0 Å². The highest BCUT2D eigenvalue weighted by molar-refractivity contribution is 5.92. The van der Waals surface area contributed by atoms with Crippen LogP contribution in [-0.4, -0.2) is 24.0 Å². The highest BCUT2D eigenvalue weighted by atomic mass is 19.2. The van der Waals surface area contributed by atoms with E-state index >= 15 is 0 Å². The van der Waals surface area contributed by atoms with Gasteiger partial charge in [-0.2, -0.15) is 8.78 Å². The lowest BCUT2D eigenvalue weighted by Gasteiger charge is -2.08. The summed E-state index contributed by atoms with van der Waals surface area (Å²) in [5, 5.41) is 0. The topological polar surface area (TPSA) is 65.5 Å². The van der Waals surface area contributed by atoms with Crippen molar-refractivity contribution in [2.24, 2.45) is 0 Å². The zero-order valence-corrected chi connectivity index (χ0v) is 11.7. The van der Waals surface area contributed by atoms with E-state index < -0.39 is 52.5 Å². The van der Waals surface area contributed by atoms with Gasteiger partial charge in [-0.3, -0.25) is 0 Å². The van der Waals surface area contributed by atoms with E-state index in [1.807, 2.05) is 0 Å². The first-order valence-electron chi connectivity index (χ1n) is 6.07. The van der Waals surface area contributed by atoms with Crippen LogP contribution in [0.4, 0.5) is 22.0 Å². The van der Waals surface area contributed by atoms with Gasteiger partial charge in [0.2, 0.25) is 34.8 Å². The summed E-state index contributed by atoms with van der Waals surface area (Å²) >= 11 is 0. The Morgan fingerprint density at radius 3 is 1.79 bits per heavy atom. The number of pyridine rings is 1. The summed E-state index contributed by atoms with van der Waals surface area (Å²) in [4.78, 5) is 26.6. The fourth-order valence-electron chi connectivity index (χ4n) is 1.59. The van der Waals surface area contributed by atoms with Gasteiger partial charge in [-0.1, -0.05) is 6.07 Å². The van der Waals surface area contributed by atoms with Gasteiger partial charge < -0.3 is 9.47 Å². The molecule has 0 N–H and O–H groups in total. The summed E-state index contributed by atoms with van der Waals surface area (Å²) in [7, 11) is 1.05. The van der Waals surface area contributed by atoms with E-state index in [1.54, 1.807) is 0 Å². The Hall–Kier alpha value is -3.04. The molecule has 1 aromatic carbocycles. The van der Waals surface area contributed by atoms with E-state index in [1.165, 1.54) is 12.1 Å². The highest BCUT2D eigenvalue weighted by Crippen LogP contribution is 2.29. The number of methoxy groups -OCH3 is 1. The Bertz CT molecular complexity index is 811. The fraction of sp³-hybridized carbons (Fsp3) is 0.0714. The van der Waals surface area contributed by atoms with E-state index in [9.17, 15) is 31.5 Å². The largest absolute Gasteiger partial charge is 0.464 e. The summed E-state index contributed by atoms with van der Waals surface area (Å²) in [5.41, 5.74) is -0.939. The average molecular weight is 347 g/mol. The Kier molecular flexibility index (Phi) is 4.77. The monoisotopic (exact) mass is 347 g/mol. The van der Waals surface area contributed by atoms with E-state index in [0.717, 1.165) is 13.2 Å². The molecule has 2 aromatic rings. The molecular weight excluding hydrogens is 341 g/mol. The van der Waals surface area contributed by atoms with Crippen molar-refractivity contribution in [2.45, 2.75) is 0 Å². The molecule has 5 nitrogen and oxygen atoms in total. The first kappa shape index (κ1) is 17.3. The van der Waals surface area contributed by atoms with Crippen LogP contribution in [-0.2, 0) is 4.74 Å². The molecule has 126 valence electrons. The number of rotatable bonds is 3. The maximum atomic E-state index is 13.4. The van der Waals surface area contributed by atoms with Crippen LogP contribution >= 0.6 is 0 Å². The third-order valence-corrected chi connectivity index (χ3v) is 2.72. The number of hydrogen-bond donors (Lipinski definition) is 0. The summed E-state index contributed by atoms with van der Waals surface area (Å²) in [6.07, 6.45) is 0. The molecule has 0 fully saturated rings. The molecule has 0 aliphatic heterocycles. The Balaban J connectivity index is 2.40. The number of hydrogen-bond acceptors (Lipinski definition) is 5. The van der Waals surface area contributed by atoms with Crippen LogP contribution in [0, 0.1) is 29.1 Å². The highest BCUT2D eigenvalue weighted by Gasteiger charge is 2.29. The smallest absolute Gasteiger partial charge is 0.362 e. The molecule has 0 saturated carbocycles. The molecule has 1 aromatic heterocycles. The van der Waals surface area contributed by atoms with Gasteiger partial charge >= 0.3 is 11.9 Å². The normalized spacial score (nSPS) is 10.4. The van der Waals surface area contributed by atoms with Crippen molar-refractivity contribution in [3.8, 4) is 5.75 Å². The standard InChI is InChI=1S/C14H6F5NO4/c1-23-13(21)5-3-2-4-6(20-5)14(22)24-12-10(18)8(16)7(15)9(17)11(12)19/h2-4H,1H3. The molecule has 0 radical (unpaired) electrons. The summed E-state index contributed by atoms with van der Waals surface area (Å²) in [6, 6.07) is 3.34. The summed E-state index contributed by atoms with van der Waals surface area (Å²) in [5.74, 6) is -15.8. The molecule has 24 heavy (non-hydrogen) atoms. The van der Waals surface area contributed by atoms with Gasteiger partial charge in [0.15, 0.2) is 0 Å². The lowest BCUT2D eigenvalue weighted by molar-refractivity contribution is 0.0593. The minimum Gasteiger partial charge on any atom is -0.464 e. The zero-order chi connectivity index (χ0) is 18.0. The summed E-state index contributed by atoms with van der Waals surface area (Å²) in [6.45, 7) is 0. The van der Waals surface area contributed by atoms with Gasteiger partial charge in [-0.05, 0) is 12.1 Å². The molecule has 0 bridgehead atoms. The minimum absolute atomic E-state index is 0.329. The van der Waals surface area contributed by atoms with Crippen LogP contribution < -0.4 is 4.74 Å². The van der Waals surface area contributed by atoms with Crippen molar-refractivity contribution in [3.63, 3.8) is 0 Å². The fourth-order valence-corrected chi connectivity index (χ4v) is 1.59. The van der Waals surface area contributed by atoms with Crippen molar-refractivity contribution in [1.82, 2.24) is 4.98 Å². The molecule has 0 aliphatic carbocycles. The van der Waals surface area contributed by atoms with Crippen molar-refractivity contribution < 1.29 is 41.0 Å². The molecule has 0 unspecified atom stereocenters. The molecule has 10 heteroatoms. The number of carbonyl (C=O) groups is 2. The number of nitrogens with zero attached hydrogens (tertiary/aromatic N) is 1. The SMILES string of the molecule is COC(=O)c1cccc(C(=O)Oc2c(F)c(F)c(F)c(F)c2F)n1. The van der Waals surface area contributed by atoms with Crippen LogP contribution in [0.15, 0.2) is 18.2 Å². The number of benzene rings is 1. The van der Waals surface area contributed by atoms with Gasteiger partial charge in [0.25, 0.3) is 0 Å². The molecule has 1 heterocycles. The molecule has 0 atom stereocenters. The van der Waals surface area contributed by atoms with Gasteiger partial charge in [0.1, 0.15) is 11.4 Å². The maximum Gasteiger partial charge on any atom is 0.362 e. The number of ether oxygens (including phenoxy) is 2. The van der Waals surface area contributed by atoms with Crippen molar-refractivity contribution in [1.29, 1.82) is 0 Å². The van der Waals surface area contributed by atoms with E-state index in [2.05, 4.69) is 14.5 Å². The second-order valence-electron chi connectivity index (χ2n) is 4.19. The second kappa shape index (κ2) is 6.60. The van der Waals surface area contributed by atoms with Crippen LogP contribution in [0.1, 0.15) is 21.0 Å². The van der Waals surface area contributed by atoms with Crippen molar-refractivity contribution >= 4 is 11.9 Å². The van der Waals surface area contributed by atoms with Gasteiger partial charge in [-0.15, -0.1) is 0 Å². The maximum absolute atomic E-state index is 13.4.